The number of phenolic OH excluding ortho intramolecular Hbond substituents is 4. The molecule has 3 aliphatic rings. The number of unbranched alkanes of at least 4 members (excludes halogenated alkanes) is 8. The van der Waals surface area contributed by atoms with Crippen LogP contribution in [0, 0.1) is 0 Å². The van der Waals surface area contributed by atoms with Crippen LogP contribution in [0.15, 0.2) is 97.1 Å². The van der Waals surface area contributed by atoms with E-state index in [1.165, 1.54) is 0 Å². The fourth-order valence-electron chi connectivity index (χ4n) is 11.9. The fourth-order valence-corrected chi connectivity index (χ4v) is 11.9. The molecule has 1 aliphatic carbocycles. The standard InChI is InChI=1S/C64H68N4O8/c1-5-9-13-21-37-41-29-45-39(23-15-11-7-3)47-31-43(55(71)35-59(47)75-63-61(73-57(45)33-53(41)69)65-49-25-17-19-27-51(49)67-63)38(22-14-10-6-2)44-32-48-40(24-16-12-8-4)46-30-42(37)54(70)34-58(46)74-62-64(76-60(48)36-56(44)72)68-52-28-20-18-26-50(52)66-62/h17-20,25-40,69-72H,5-16,21-24H2,1-4H3. The first-order chi connectivity index (χ1) is 37.1. The molecule has 2 aliphatic heterocycles. The van der Waals surface area contributed by atoms with Crippen LogP contribution in [0.3, 0.4) is 0 Å². The Morgan fingerprint density at radius 1 is 0.316 bits per heavy atom. The van der Waals surface area contributed by atoms with Gasteiger partial charge < -0.3 is 39.4 Å². The number of aromatic nitrogens is 4. The molecule has 6 aromatic carbocycles. The molecule has 0 amide bonds. The molecule has 0 atom stereocenters. The van der Waals surface area contributed by atoms with Gasteiger partial charge in [-0.3, -0.25) is 0 Å². The van der Waals surface area contributed by atoms with Crippen LogP contribution in [0.25, 0.3) is 22.1 Å². The van der Waals surface area contributed by atoms with E-state index in [4.69, 9.17) is 38.9 Å². The van der Waals surface area contributed by atoms with Gasteiger partial charge in [-0.2, -0.15) is 0 Å². The molecular formula is C64H68N4O8. The minimum Gasteiger partial charge on any atom is -0.508 e. The molecule has 8 bridgehead atoms. The number of fused-ring (bicyclic) bond motifs is 8. The summed E-state index contributed by atoms with van der Waals surface area (Å²) >= 11 is 0. The normalized spacial score (nSPS) is 17.1. The van der Waals surface area contributed by atoms with Gasteiger partial charge in [0.25, 0.3) is 23.5 Å². The summed E-state index contributed by atoms with van der Waals surface area (Å²) in [6.07, 6.45) is 13.7. The minimum absolute atomic E-state index is 0.0142. The van der Waals surface area contributed by atoms with Gasteiger partial charge in [-0.05, 0) is 74.2 Å². The van der Waals surface area contributed by atoms with E-state index in [1.54, 1.807) is 24.3 Å². The highest BCUT2D eigenvalue weighted by Crippen LogP contribution is 2.56. The maximum atomic E-state index is 12.7. The molecule has 4 N–H and O–H groups in total. The SMILES string of the molecule is CCCCCC1c2cc3c(cc2O)Oc2nc4ccccc4nc2Oc2cc(O)c(cc2C3CCCCC)C(CCCCC)c2cc3c(cc2O)Oc2nc4ccccc4nc2Oc2cc(O)c1cc2C3CCCCC. The Balaban J connectivity index is 1.26. The van der Waals surface area contributed by atoms with Crippen molar-refractivity contribution < 1.29 is 39.4 Å². The lowest BCUT2D eigenvalue weighted by molar-refractivity contribution is 0.387. The third-order valence-electron chi connectivity index (χ3n) is 15.9. The highest BCUT2D eigenvalue weighted by atomic mass is 16.5. The van der Waals surface area contributed by atoms with Gasteiger partial charge in [0.1, 0.15) is 46.0 Å². The summed E-state index contributed by atoms with van der Waals surface area (Å²) in [5, 5.41) is 50.7. The first-order valence-electron chi connectivity index (χ1n) is 27.9. The van der Waals surface area contributed by atoms with E-state index < -0.39 is 11.8 Å². The molecule has 4 heterocycles. The van der Waals surface area contributed by atoms with E-state index in [0.717, 1.165) is 99.3 Å². The van der Waals surface area contributed by atoms with Gasteiger partial charge in [-0.15, -0.1) is 0 Å². The molecule has 0 saturated heterocycles. The topological polar surface area (TPSA) is 169 Å². The van der Waals surface area contributed by atoms with Crippen molar-refractivity contribution in [2.24, 2.45) is 0 Å². The molecule has 2 aromatic heterocycles. The summed E-state index contributed by atoms with van der Waals surface area (Å²) in [5.74, 6) is 0.389. The Morgan fingerprint density at radius 3 is 0.763 bits per heavy atom. The number of hydrogen-bond donors (Lipinski definition) is 4. The van der Waals surface area contributed by atoms with Gasteiger partial charge >= 0.3 is 0 Å². The lowest BCUT2D eigenvalue weighted by Crippen LogP contribution is -2.12. The summed E-state index contributed by atoms with van der Waals surface area (Å²) in [6.45, 7) is 8.72. The summed E-state index contributed by atoms with van der Waals surface area (Å²) in [7, 11) is 0. The third kappa shape index (κ3) is 9.78. The van der Waals surface area contributed by atoms with Gasteiger partial charge in [0.15, 0.2) is 0 Å². The maximum Gasteiger partial charge on any atom is 0.284 e. The second kappa shape index (κ2) is 21.9. The van der Waals surface area contributed by atoms with Crippen molar-refractivity contribution in [2.75, 3.05) is 0 Å². The number of aromatic hydroxyl groups is 4. The quantitative estimate of drug-likeness (QED) is 0.0677. The van der Waals surface area contributed by atoms with E-state index in [0.29, 0.717) is 93.0 Å². The second-order valence-corrected chi connectivity index (χ2v) is 21.0. The molecule has 392 valence electrons. The molecule has 0 unspecified atom stereocenters. The summed E-state index contributed by atoms with van der Waals surface area (Å²) in [6, 6.07) is 30.2. The van der Waals surface area contributed by atoms with Crippen molar-refractivity contribution in [3.8, 4) is 69.5 Å². The van der Waals surface area contributed by atoms with Gasteiger partial charge in [0.05, 0.1) is 22.1 Å². The van der Waals surface area contributed by atoms with Crippen LogP contribution in [-0.4, -0.2) is 40.4 Å². The zero-order valence-electron chi connectivity index (χ0n) is 44.1. The predicted molar refractivity (Wildman–Crippen MR) is 296 cm³/mol. The monoisotopic (exact) mass is 1020 g/mol. The van der Waals surface area contributed by atoms with E-state index in [9.17, 15) is 20.4 Å². The highest BCUT2D eigenvalue weighted by Gasteiger charge is 2.37. The van der Waals surface area contributed by atoms with Gasteiger partial charge in [-0.1, -0.05) is 129 Å². The third-order valence-corrected chi connectivity index (χ3v) is 15.9. The van der Waals surface area contributed by atoms with Crippen molar-refractivity contribution in [1.82, 2.24) is 19.9 Å². The van der Waals surface area contributed by atoms with Gasteiger partial charge in [0.2, 0.25) is 0 Å². The molecule has 0 fully saturated rings. The molecule has 76 heavy (non-hydrogen) atoms. The van der Waals surface area contributed by atoms with Crippen molar-refractivity contribution in [1.29, 1.82) is 0 Å². The van der Waals surface area contributed by atoms with Crippen LogP contribution >= 0.6 is 0 Å². The van der Waals surface area contributed by atoms with E-state index in [1.807, 2.05) is 48.5 Å². The average Bonchev–Trinajstić information content (AvgIpc) is 3.64. The van der Waals surface area contributed by atoms with E-state index >= 15 is 0 Å². The van der Waals surface area contributed by atoms with Crippen LogP contribution in [-0.2, 0) is 0 Å². The molecule has 11 rings (SSSR count). The van der Waals surface area contributed by atoms with E-state index in [2.05, 4.69) is 52.0 Å². The first kappa shape index (κ1) is 50.6. The van der Waals surface area contributed by atoms with Crippen molar-refractivity contribution in [2.45, 2.75) is 154 Å². The molecule has 12 heteroatoms. The highest BCUT2D eigenvalue weighted by molar-refractivity contribution is 5.77. The molecule has 12 nitrogen and oxygen atoms in total. The summed E-state index contributed by atoms with van der Waals surface area (Å²) in [5.41, 5.74) is 8.23. The summed E-state index contributed by atoms with van der Waals surface area (Å²) in [4.78, 5) is 19.8. The number of nitrogens with zero attached hydrogens (tertiary/aromatic N) is 4. The van der Waals surface area contributed by atoms with Crippen LogP contribution in [0.4, 0.5) is 0 Å². The van der Waals surface area contributed by atoms with Crippen LogP contribution in [0.2, 0.25) is 0 Å². The molecule has 0 spiro atoms. The van der Waals surface area contributed by atoms with Crippen LogP contribution < -0.4 is 18.9 Å². The van der Waals surface area contributed by atoms with Gasteiger partial charge in [-0.25, -0.2) is 19.9 Å². The number of hydrogen-bond acceptors (Lipinski definition) is 12. The number of ether oxygens (including phenoxy) is 4. The smallest absolute Gasteiger partial charge is 0.284 e. The first-order valence-corrected chi connectivity index (χ1v) is 27.9. The number of phenols is 4. The molecular weight excluding hydrogens is 953 g/mol. The average molecular weight is 1020 g/mol. The number of para-hydroxylation sites is 4. The molecule has 8 aromatic rings. The predicted octanol–water partition coefficient (Wildman–Crippen LogP) is 17.4. The minimum atomic E-state index is -0.491. The Bertz CT molecular complexity index is 3020. The largest absolute Gasteiger partial charge is 0.508 e. The number of rotatable bonds is 16. The summed E-state index contributed by atoms with van der Waals surface area (Å²) < 4.78 is 27.6. The Labute approximate surface area is 444 Å². The van der Waals surface area contributed by atoms with Crippen molar-refractivity contribution in [3.05, 3.63) is 142 Å². The van der Waals surface area contributed by atoms with E-state index in [-0.39, 0.29) is 58.4 Å². The Morgan fingerprint density at radius 2 is 0.539 bits per heavy atom. The molecule has 0 saturated carbocycles. The zero-order chi connectivity index (χ0) is 52.5. The van der Waals surface area contributed by atoms with Gasteiger partial charge in [0, 0.05) is 92.4 Å². The lowest BCUT2D eigenvalue weighted by atomic mass is 9.76. The number of benzene rings is 6. The van der Waals surface area contributed by atoms with Crippen molar-refractivity contribution in [3.63, 3.8) is 0 Å². The Hall–Kier alpha value is -7.60. The second-order valence-electron chi connectivity index (χ2n) is 21.0. The zero-order valence-corrected chi connectivity index (χ0v) is 44.1. The fraction of sp³-hybridized carbons (Fsp3) is 0.375. The van der Waals surface area contributed by atoms with Crippen LogP contribution in [0.1, 0.15) is 199 Å². The lowest BCUT2D eigenvalue weighted by Gasteiger charge is -2.30. The Kier molecular flexibility index (Phi) is 14.6. The molecule has 0 radical (unpaired) electrons. The van der Waals surface area contributed by atoms with Crippen molar-refractivity contribution >= 4 is 22.1 Å². The maximum absolute atomic E-state index is 12.7. The van der Waals surface area contributed by atoms with Crippen LogP contribution in [0.5, 0.6) is 69.5 Å².